The van der Waals surface area contributed by atoms with Crippen LogP contribution in [0.5, 0.6) is 0 Å². The lowest BCUT2D eigenvalue weighted by Gasteiger charge is -2.04. The molecule has 14 heavy (non-hydrogen) atoms. The van der Waals surface area contributed by atoms with E-state index in [0.29, 0.717) is 13.1 Å². The van der Waals surface area contributed by atoms with Gasteiger partial charge in [-0.1, -0.05) is 0 Å². The lowest BCUT2D eigenvalue weighted by Crippen LogP contribution is -2.33. The normalized spacial score (nSPS) is 9.57. The monoisotopic (exact) mass is 202 g/mol. The van der Waals surface area contributed by atoms with Crippen molar-refractivity contribution in [2.75, 3.05) is 26.2 Å². The minimum Gasteiger partial charge on any atom is -0.355 e. The van der Waals surface area contributed by atoms with Crippen molar-refractivity contribution in [2.45, 2.75) is 12.8 Å². The molecule has 6 nitrogen and oxygen atoms in total. The number of nitrogens with two attached hydrogens (primary N) is 2. The van der Waals surface area contributed by atoms with E-state index < -0.39 is 0 Å². The molecular weight excluding hydrogens is 184 g/mol. The van der Waals surface area contributed by atoms with Crippen molar-refractivity contribution < 1.29 is 9.59 Å². The van der Waals surface area contributed by atoms with Gasteiger partial charge in [0.2, 0.25) is 11.8 Å². The summed E-state index contributed by atoms with van der Waals surface area (Å²) in [4.78, 5) is 21.4. The first-order chi connectivity index (χ1) is 6.70. The fraction of sp³-hybridized carbons (Fsp3) is 0.750. The summed E-state index contributed by atoms with van der Waals surface area (Å²) in [5.41, 5.74) is 10.2. The third-order valence-electron chi connectivity index (χ3n) is 1.62. The standard InChI is InChI=1S/C8H18N4O2/c9-5-7(13)11-3-1-2-4-12-8(14)6-10/h1-6,9-10H2,(H,11,13)(H,12,14). The van der Waals surface area contributed by atoms with Crippen LogP contribution in [-0.4, -0.2) is 38.0 Å². The zero-order chi connectivity index (χ0) is 10.8. The molecule has 0 saturated carbocycles. The Kier molecular flexibility index (Phi) is 7.77. The van der Waals surface area contributed by atoms with E-state index in [-0.39, 0.29) is 24.9 Å². The number of unbranched alkanes of at least 4 members (excludes halogenated alkanes) is 1. The van der Waals surface area contributed by atoms with Gasteiger partial charge in [0.1, 0.15) is 0 Å². The van der Waals surface area contributed by atoms with E-state index in [1.54, 1.807) is 0 Å². The number of hydrogen-bond donors (Lipinski definition) is 4. The second-order valence-corrected chi connectivity index (χ2v) is 2.82. The molecule has 0 aromatic heterocycles. The summed E-state index contributed by atoms with van der Waals surface area (Å²) in [6.45, 7) is 1.22. The summed E-state index contributed by atoms with van der Waals surface area (Å²) in [7, 11) is 0. The fourth-order valence-corrected chi connectivity index (χ4v) is 0.850. The number of hydrogen-bond acceptors (Lipinski definition) is 4. The second-order valence-electron chi connectivity index (χ2n) is 2.82. The number of rotatable bonds is 7. The molecule has 0 unspecified atom stereocenters. The highest BCUT2D eigenvalue weighted by Crippen LogP contribution is 1.83. The molecule has 0 aromatic rings. The maximum absolute atomic E-state index is 10.7. The van der Waals surface area contributed by atoms with E-state index in [2.05, 4.69) is 10.6 Å². The number of nitrogens with one attached hydrogen (secondary N) is 2. The van der Waals surface area contributed by atoms with Gasteiger partial charge < -0.3 is 22.1 Å². The third kappa shape index (κ3) is 7.51. The van der Waals surface area contributed by atoms with Gasteiger partial charge in [-0.25, -0.2) is 0 Å². The van der Waals surface area contributed by atoms with Crippen molar-refractivity contribution >= 4 is 11.8 Å². The molecule has 0 rings (SSSR count). The van der Waals surface area contributed by atoms with Crippen LogP contribution in [0.3, 0.4) is 0 Å². The molecule has 82 valence electrons. The Morgan fingerprint density at radius 2 is 1.21 bits per heavy atom. The van der Waals surface area contributed by atoms with Crippen LogP contribution in [0.25, 0.3) is 0 Å². The summed E-state index contributed by atoms with van der Waals surface area (Å²) >= 11 is 0. The first kappa shape index (κ1) is 12.9. The van der Waals surface area contributed by atoms with E-state index >= 15 is 0 Å². The lowest BCUT2D eigenvalue weighted by atomic mass is 10.3. The van der Waals surface area contributed by atoms with Crippen LogP contribution in [0.15, 0.2) is 0 Å². The molecule has 0 heterocycles. The Bertz CT molecular complexity index is 164. The highest BCUT2D eigenvalue weighted by molar-refractivity contribution is 5.78. The van der Waals surface area contributed by atoms with Gasteiger partial charge in [0.25, 0.3) is 0 Å². The quantitative estimate of drug-likeness (QED) is 0.355. The maximum Gasteiger partial charge on any atom is 0.233 e. The van der Waals surface area contributed by atoms with Crippen LogP contribution >= 0.6 is 0 Å². The maximum atomic E-state index is 10.7. The summed E-state index contributed by atoms with van der Waals surface area (Å²) in [6.07, 6.45) is 1.63. The molecule has 0 aliphatic rings. The molecule has 0 atom stereocenters. The van der Waals surface area contributed by atoms with Crippen molar-refractivity contribution in [2.24, 2.45) is 11.5 Å². The Labute approximate surface area is 83.4 Å². The molecule has 2 amide bonds. The Balaban J connectivity index is 3.14. The summed E-state index contributed by atoms with van der Waals surface area (Å²) in [6, 6.07) is 0. The molecule has 0 aliphatic heterocycles. The van der Waals surface area contributed by atoms with E-state index in [1.807, 2.05) is 0 Å². The fourth-order valence-electron chi connectivity index (χ4n) is 0.850. The summed E-state index contributed by atoms with van der Waals surface area (Å²) in [5.74, 6) is -0.313. The van der Waals surface area contributed by atoms with Gasteiger partial charge in [0.05, 0.1) is 13.1 Å². The smallest absolute Gasteiger partial charge is 0.233 e. The Hall–Kier alpha value is -1.14. The van der Waals surface area contributed by atoms with E-state index in [9.17, 15) is 9.59 Å². The molecule has 0 aromatic carbocycles. The van der Waals surface area contributed by atoms with Crippen molar-refractivity contribution in [1.82, 2.24) is 10.6 Å². The molecule has 0 bridgehead atoms. The zero-order valence-corrected chi connectivity index (χ0v) is 8.21. The summed E-state index contributed by atoms with van der Waals surface area (Å²) < 4.78 is 0. The number of amides is 2. The molecular formula is C8H18N4O2. The average Bonchev–Trinajstić information content (AvgIpc) is 2.22. The molecule has 0 saturated heterocycles. The van der Waals surface area contributed by atoms with Crippen LogP contribution in [0.4, 0.5) is 0 Å². The van der Waals surface area contributed by atoms with Crippen LogP contribution < -0.4 is 22.1 Å². The first-order valence-electron chi connectivity index (χ1n) is 4.64. The number of carbonyl (C=O) groups excluding carboxylic acids is 2. The topological polar surface area (TPSA) is 110 Å². The first-order valence-corrected chi connectivity index (χ1v) is 4.64. The minimum atomic E-state index is -0.156. The molecule has 0 aliphatic carbocycles. The van der Waals surface area contributed by atoms with Crippen molar-refractivity contribution in [3.05, 3.63) is 0 Å². The van der Waals surface area contributed by atoms with Crippen LogP contribution in [0, 0.1) is 0 Å². The van der Waals surface area contributed by atoms with Gasteiger partial charge in [0.15, 0.2) is 0 Å². The van der Waals surface area contributed by atoms with Gasteiger partial charge in [0, 0.05) is 13.1 Å². The third-order valence-corrected chi connectivity index (χ3v) is 1.62. The lowest BCUT2D eigenvalue weighted by molar-refractivity contribution is -0.120. The van der Waals surface area contributed by atoms with Crippen molar-refractivity contribution in [3.63, 3.8) is 0 Å². The average molecular weight is 202 g/mol. The number of carbonyl (C=O) groups is 2. The predicted octanol–water partition coefficient (Wildman–Crippen LogP) is -2.08. The highest BCUT2D eigenvalue weighted by atomic mass is 16.2. The molecule has 6 N–H and O–H groups in total. The predicted molar refractivity (Wildman–Crippen MR) is 53.4 cm³/mol. The Morgan fingerprint density at radius 1 is 0.857 bits per heavy atom. The van der Waals surface area contributed by atoms with Crippen LogP contribution in [0.2, 0.25) is 0 Å². The van der Waals surface area contributed by atoms with E-state index in [0.717, 1.165) is 12.8 Å². The van der Waals surface area contributed by atoms with Crippen molar-refractivity contribution in [3.8, 4) is 0 Å². The largest absolute Gasteiger partial charge is 0.355 e. The Morgan fingerprint density at radius 3 is 1.50 bits per heavy atom. The second kappa shape index (κ2) is 8.46. The van der Waals surface area contributed by atoms with Crippen LogP contribution in [0.1, 0.15) is 12.8 Å². The highest BCUT2D eigenvalue weighted by Gasteiger charge is 1.97. The minimum absolute atomic E-state index is 0.0178. The molecule has 0 radical (unpaired) electrons. The van der Waals surface area contributed by atoms with Gasteiger partial charge >= 0.3 is 0 Å². The molecule has 0 spiro atoms. The van der Waals surface area contributed by atoms with Gasteiger partial charge in [-0.2, -0.15) is 0 Å². The van der Waals surface area contributed by atoms with Crippen molar-refractivity contribution in [1.29, 1.82) is 0 Å². The van der Waals surface area contributed by atoms with Gasteiger partial charge in [-0.05, 0) is 12.8 Å². The SMILES string of the molecule is NCC(=O)NCCCCNC(=O)CN. The van der Waals surface area contributed by atoms with Crippen LogP contribution in [-0.2, 0) is 9.59 Å². The zero-order valence-electron chi connectivity index (χ0n) is 8.21. The van der Waals surface area contributed by atoms with Gasteiger partial charge in [-0.15, -0.1) is 0 Å². The van der Waals surface area contributed by atoms with E-state index in [1.165, 1.54) is 0 Å². The molecule has 0 fully saturated rings. The summed E-state index contributed by atoms with van der Waals surface area (Å²) in [5, 5.41) is 5.27. The van der Waals surface area contributed by atoms with E-state index in [4.69, 9.17) is 11.5 Å². The molecule has 6 heteroatoms. The van der Waals surface area contributed by atoms with Gasteiger partial charge in [-0.3, -0.25) is 9.59 Å².